The average molecular weight is 222 g/mol. The molecule has 0 radical (unpaired) electrons. The molecule has 1 amide bonds. The van der Waals surface area contributed by atoms with E-state index in [9.17, 15) is 14.9 Å². The second-order valence-corrected chi connectivity index (χ2v) is 2.95. The van der Waals surface area contributed by atoms with E-state index in [2.05, 4.69) is 17.2 Å². The van der Waals surface area contributed by atoms with Gasteiger partial charge in [-0.05, 0) is 31.3 Å². The van der Waals surface area contributed by atoms with Gasteiger partial charge in [-0.2, -0.15) is 4.99 Å². The Kier molecular flexibility index (Phi) is 3.38. The predicted molar refractivity (Wildman–Crippen MR) is 57.2 cm³/mol. The normalized spacial score (nSPS) is 9.13. The van der Waals surface area contributed by atoms with Crippen molar-refractivity contribution in [1.82, 2.24) is 0 Å². The highest BCUT2D eigenvalue weighted by Gasteiger charge is 2.12. The van der Waals surface area contributed by atoms with Gasteiger partial charge in [-0.1, -0.05) is 0 Å². The summed E-state index contributed by atoms with van der Waals surface area (Å²) in [5.74, 6) is -0.553. The molecular formula is C9H6N2O3S. The third-order valence-corrected chi connectivity index (χ3v) is 1.88. The molecule has 6 heteroatoms. The third kappa shape index (κ3) is 2.52. The number of benzene rings is 1. The quantitative estimate of drug-likeness (QED) is 0.332. The zero-order valence-electron chi connectivity index (χ0n) is 7.76. The maximum absolute atomic E-state index is 11.2. The van der Waals surface area contributed by atoms with Crippen LogP contribution >= 0.6 is 12.2 Å². The van der Waals surface area contributed by atoms with E-state index in [0.29, 0.717) is 5.56 Å². The van der Waals surface area contributed by atoms with Gasteiger partial charge in [0.25, 0.3) is 11.6 Å². The van der Waals surface area contributed by atoms with Crippen molar-refractivity contribution in [3.63, 3.8) is 0 Å². The van der Waals surface area contributed by atoms with Crippen molar-refractivity contribution in [2.45, 2.75) is 6.92 Å². The van der Waals surface area contributed by atoms with Crippen LogP contribution in [0.15, 0.2) is 23.2 Å². The SMILES string of the molecule is Cc1cc(C(=O)N=C=S)ccc1[N+](=O)[O-]. The van der Waals surface area contributed by atoms with E-state index in [4.69, 9.17) is 0 Å². The molecule has 0 aliphatic carbocycles. The Morgan fingerprint density at radius 1 is 1.60 bits per heavy atom. The van der Waals surface area contributed by atoms with Crippen LogP contribution < -0.4 is 0 Å². The average Bonchev–Trinajstić information content (AvgIpc) is 2.17. The highest BCUT2D eigenvalue weighted by atomic mass is 32.1. The Balaban J connectivity index is 3.17. The molecule has 0 atom stereocenters. The minimum absolute atomic E-state index is 0.0297. The summed E-state index contributed by atoms with van der Waals surface area (Å²) in [6.45, 7) is 1.55. The third-order valence-electron chi connectivity index (χ3n) is 1.79. The predicted octanol–water partition coefficient (Wildman–Crippen LogP) is 2.15. The molecule has 0 aromatic heterocycles. The molecule has 0 heterocycles. The van der Waals surface area contributed by atoms with Crippen LogP contribution in [0.2, 0.25) is 0 Å². The van der Waals surface area contributed by atoms with Crippen LogP contribution in [0.5, 0.6) is 0 Å². The minimum atomic E-state index is -0.553. The monoisotopic (exact) mass is 222 g/mol. The maximum Gasteiger partial charge on any atom is 0.285 e. The van der Waals surface area contributed by atoms with Gasteiger partial charge >= 0.3 is 0 Å². The fourth-order valence-corrected chi connectivity index (χ4v) is 1.18. The first-order chi connectivity index (χ1) is 7.06. The van der Waals surface area contributed by atoms with Crippen molar-refractivity contribution < 1.29 is 9.72 Å². The number of amides is 1. The van der Waals surface area contributed by atoms with Crippen molar-refractivity contribution in [1.29, 1.82) is 0 Å². The van der Waals surface area contributed by atoms with E-state index in [1.165, 1.54) is 18.2 Å². The number of nitro benzene ring substituents is 1. The molecule has 0 saturated heterocycles. The van der Waals surface area contributed by atoms with Crippen molar-refractivity contribution in [2.24, 2.45) is 4.99 Å². The fraction of sp³-hybridized carbons (Fsp3) is 0.111. The number of thiocarbonyl (C=S) groups is 1. The second kappa shape index (κ2) is 4.54. The van der Waals surface area contributed by atoms with Crippen LogP contribution in [0.3, 0.4) is 0 Å². The number of nitro groups is 1. The number of hydrogen-bond acceptors (Lipinski definition) is 4. The lowest BCUT2D eigenvalue weighted by Gasteiger charge is -1.98. The van der Waals surface area contributed by atoms with Crippen LogP contribution in [0.1, 0.15) is 15.9 Å². The molecule has 0 bridgehead atoms. The fourth-order valence-electron chi connectivity index (χ4n) is 1.10. The summed E-state index contributed by atoms with van der Waals surface area (Å²) in [6, 6.07) is 4.00. The van der Waals surface area contributed by atoms with Crippen molar-refractivity contribution in [3.8, 4) is 0 Å². The van der Waals surface area contributed by atoms with Crippen LogP contribution in [-0.4, -0.2) is 16.0 Å². The molecule has 1 rings (SSSR count). The Labute approximate surface area is 90.6 Å². The summed E-state index contributed by atoms with van der Waals surface area (Å²) >= 11 is 4.28. The van der Waals surface area contributed by atoms with E-state index in [0.717, 1.165) is 0 Å². The van der Waals surface area contributed by atoms with Crippen LogP contribution in [0.25, 0.3) is 0 Å². The molecule has 5 nitrogen and oxygen atoms in total. The van der Waals surface area contributed by atoms with Crippen molar-refractivity contribution in [3.05, 3.63) is 39.4 Å². The Hall–Kier alpha value is -1.91. The first kappa shape index (κ1) is 11.2. The first-order valence-corrected chi connectivity index (χ1v) is 4.34. The summed E-state index contributed by atoms with van der Waals surface area (Å²) in [6.07, 6.45) is 0. The first-order valence-electron chi connectivity index (χ1n) is 3.93. The van der Waals surface area contributed by atoms with Crippen molar-refractivity contribution in [2.75, 3.05) is 0 Å². The van der Waals surface area contributed by atoms with Crippen molar-refractivity contribution >= 4 is 29.0 Å². The number of carbonyl (C=O) groups excluding carboxylic acids is 1. The molecule has 0 aliphatic heterocycles. The number of hydrogen-bond donors (Lipinski definition) is 0. The smallest absolute Gasteiger partial charge is 0.266 e. The molecule has 1 aromatic carbocycles. The van der Waals surface area contributed by atoms with E-state index >= 15 is 0 Å². The molecule has 0 saturated carbocycles. The Morgan fingerprint density at radius 2 is 2.27 bits per heavy atom. The van der Waals surface area contributed by atoms with Gasteiger partial charge in [0.05, 0.1) is 10.1 Å². The van der Waals surface area contributed by atoms with Gasteiger partial charge in [0, 0.05) is 17.2 Å². The zero-order chi connectivity index (χ0) is 11.4. The molecule has 1 aromatic rings. The molecule has 0 unspecified atom stereocenters. The van der Waals surface area contributed by atoms with Crippen LogP contribution in [-0.2, 0) is 0 Å². The van der Waals surface area contributed by atoms with E-state index in [1.807, 2.05) is 5.16 Å². The van der Waals surface area contributed by atoms with Gasteiger partial charge in [-0.25, -0.2) is 0 Å². The second-order valence-electron chi connectivity index (χ2n) is 2.77. The zero-order valence-corrected chi connectivity index (χ0v) is 8.58. The number of aliphatic imine (C=N–C) groups is 1. The highest BCUT2D eigenvalue weighted by molar-refractivity contribution is 7.78. The minimum Gasteiger partial charge on any atom is -0.266 e. The van der Waals surface area contributed by atoms with Crippen LogP contribution in [0, 0.1) is 17.0 Å². The molecule has 76 valence electrons. The van der Waals surface area contributed by atoms with E-state index < -0.39 is 10.8 Å². The van der Waals surface area contributed by atoms with E-state index in [1.54, 1.807) is 6.92 Å². The lowest BCUT2D eigenvalue weighted by molar-refractivity contribution is -0.385. The molecule has 15 heavy (non-hydrogen) atoms. The number of rotatable bonds is 2. The number of isothiocyanates is 1. The molecule has 0 aliphatic rings. The van der Waals surface area contributed by atoms with Crippen LogP contribution in [0.4, 0.5) is 5.69 Å². The molecular weight excluding hydrogens is 216 g/mol. The summed E-state index contributed by atoms with van der Waals surface area (Å²) in [5.41, 5.74) is 0.638. The Morgan fingerprint density at radius 3 is 2.73 bits per heavy atom. The molecule has 0 spiro atoms. The van der Waals surface area contributed by atoms with Gasteiger partial charge in [0.2, 0.25) is 0 Å². The Bertz CT molecular complexity index is 478. The van der Waals surface area contributed by atoms with Gasteiger partial charge in [-0.15, -0.1) is 0 Å². The lowest BCUT2D eigenvalue weighted by Crippen LogP contribution is -1.97. The van der Waals surface area contributed by atoms with E-state index in [-0.39, 0.29) is 11.3 Å². The largest absolute Gasteiger partial charge is 0.285 e. The van der Waals surface area contributed by atoms with Gasteiger partial charge in [0.1, 0.15) is 0 Å². The van der Waals surface area contributed by atoms with Gasteiger partial charge in [-0.3, -0.25) is 14.9 Å². The summed E-state index contributed by atoms with van der Waals surface area (Å²) in [7, 11) is 0. The topological polar surface area (TPSA) is 72.6 Å². The summed E-state index contributed by atoms with van der Waals surface area (Å²) < 4.78 is 0. The number of carbonyl (C=O) groups is 1. The number of nitrogens with zero attached hydrogens (tertiary/aromatic N) is 2. The highest BCUT2D eigenvalue weighted by Crippen LogP contribution is 2.18. The summed E-state index contributed by atoms with van der Waals surface area (Å²) in [5, 5.41) is 12.4. The standard InChI is InChI=1S/C9H6N2O3S/c1-6-4-7(9(12)10-5-15)2-3-8(6)11(13)14/h2-4H,1H3. The molecule has 0 fully saturated rings. The lowest BCUT2D eigenvalue weighted by atomic mass is 10.1. The van der Waals surface area contributed by atoms with Gasteiger partial charge < -0.3 is 0 Å². The maximum atomic E-state index is 11.2. The molecule has 0 N–H and O–H groups in total. The number of aryl methyl sites for hydroxylation is 1. The summed E-state index contributed by atoms with van der Waals surface area (Å²) in [4.78, 5) is 24.5. The van der Waals surface area contributed by atoms with Gasteiger partial charge in [0.15, 0.2) is 0 Å².